The number of aryl methyl sites for hydroxylation is 1. The maximum Gasteiger partial charge on any atom is 0.129 e. The van der Waals surface area contributed by atoms with Crippen molar-refractivity contribution in [2.75, 3.05) is 6.54 Å². The van der Waals surface area contributed by atoms with Crippen LogP contribution in [0.25, 0.3) is 22.2 Å². The Labute approximate surface area is 191 Å². The number of benzene rings is 1. The van der Waals surface area contributed by atoms with E-state index >= 15 is 0 Å². The molecule has 1 aliphatic heterocycles. The van der Waals surface area contributed by atoms with Crippen molar-refractivity contribution >= 4 is 10.9 Å². The van der Waals surface area contributed by atoms with Gasteiger partial charge in [0.25, 0.3) is 0 Å². The Bertz CT molecular complexity index is 1300. The van der Waals surface area contributed by atoms with Gasteiger partial charge in [0.05, 0.1) is 17.3 Å². The summed E-state index contributed by atoms with van der Waals surface area (Å²) in [7, 11) is 0. The molecule has 1 aromatic carbocycles. The van der Waals surface area contributed by atoms with Gasteiger partial charge in [-0.25, -0.2) is 0 Å². The fourth-order valence-electron chi connectivity index (χ4n) is 5.28. The number of aliphatic hydroxyl groups excluding tert-OH is 2. The fourth-order valence-corrected chi connectivity index (χ4v) is 5.28. The van der Waals surface area contributed by atoms with Crippen molar-refractivity contribution in [1.82, 2.24) is 25.1 Å². The smallest absolute Gasteiger partial charge is 0.129 e. The highest BCUT2D eigenvalue weighted by Gasteiger charge is 2.44. The molecule has 0 amide bonds. The monoisotopic (exact) mass is 445 g/mol. The standard InChI is InChI=1S/C25H27N5O3/c1-14-17-5-9-30(20(17)4-7-27-14)21-12-23(25(32)24(21)31)33-22-11-16(19-3-8-28-29-19)10-15-2-6-26-13-18(15)22/h3-5,7-11,21,23-26,31-32H,2,6,12-13H2,1H3,(H,28,29)/t21-,23+,24+,25-/m1/s1. The van der Waals surface area contributed by atoms with Crippen molar-refractivity contribution in [2.45, 2.75) is 50.7 Å². The summed E-state index contributed by atoms with van der Waals surface area (Å²) in [5.41, 5.74) is 6.23. The lowest BCUT2D eigenvalue weighted by Gasteiger charge is -2.25. The number of aromatic nitrogens is 4. The molecule has 0 bridgehead atoms. The van der Waals surface area contributed by atoms with E-state index in [9.17, 15) is 10.2 Å². The van der Waals surface area contributed by atoms with Crippen LogP contribution in [0.15, 0.2) is 48.9 Å². The topological polar surface area (TPSA) is 108 Å². The molecule has 0 saturated heterocycles. The lowest BCUT2D eigenvalue weighted by atomic mass is 9.96. The van der Waals surface area contributed by atoms with Crippen molar-refractivity contribution in [1.29, 1.82) is 0 Å². The number of fused-ring (bicyclic) bond motifs is 2. The van der Waals surface area contributed by atoms with Gasteiger partial charge in [0.1, 0.15) is 24.1 Å². The van der Waals surface area contributed by atoms with E-state index in [0.717, 1.165) is 58.7 Å². The Morgan fingerprint density at radius 3 is 2.88 bits per heavy atom. The number of nitrogens with zero attached hydrogens (tertiary/aromatic N) is 3. The van der Waals surface area contributed by atoms with Crippen LogP contribution in [-0.2, 0) is 13.0 Å². The Kier molecular flexibility index (Phi) is 4.94. The lowest BCUT2D eigenvalue weighted by Crippen LogP contribution is -2.34. The Balaban J connectivity index is 1.33. The second kappa shape index (κ2) is 7.98. The minimum Gasteiger partial charge on any atom is -0.487 e. The van der Waals surface area contributed by atoms with E-state index in [-0.39, 0.29) is 6.04 Å². The van der Waals surface area contributed by atoms with Crippen LogP contribution in [0.1, 0.15) is 29.3 Å². The molecule has 3 aromatic heterocycles. The average molecular weight is 446 g/mol. The third-order valence-electron chi connectivity index (χ3n) is 7.07. The number of nitrogens with one attached hydrogen (secondary N) is 2. The molecular weight excluding hydrogens is 418 g/mol. The van der Waals surface area contributed by atoms with E-state index in [1.807, 2.05) is 42.0 Å². The molecule has 1 aliphatic carbocycles. The molecule has 4 aromatic rings. The second-order valence-corrected chi connectivity index (χ2v) is 9.00. The first kappa shape index (κ1) is 20.4. The number of rotatable bonds is 4. The molecule has 33 heavy (non-hydrogen) atoms. The quantitative estimate of drug-likeness (QED) is 0.384. The summed E-state index contributed by atoms with van der Waals surface area (Å²) in [5.74, 6) is 0.749. The number of pyridine rings is 1. The maximum atomic E-state index is 11.0. The summed E-state index contributed by atoms with van der Waals surface area (Å²) in [4.78, 5) is 4.36. The molecule has 1 fully saturated rings. The van der Waals surface area contributed by atoms with Crippen LogP contribution in [0.3, 0.4) is 0 Å². The first-order valence-corrected chi connectivity index (χ1v) is 11.4. The van der Waals surface area contributed by atoms with Crippen LogP contribution < -0.4 is 10.1 Å². The summed E-state index contributed by atoms with van der Waals surface area (Å²) >= 11 is 0. The van der Waals surface area contributed by atoms with Crippen molar-refractivity contribution in [3.05, 3.63) is 65.7 Å². The number of hydrogen-bond donors (Lipinski definition) is 4. The minimum absolute atomic E-state index is 0.283. The Hall–Kier alpha value is -3.20. The number of hydrogen-bond acceptors (Lipinski definition) is 6. The molecule has 4 atom stereocenters. The van der Waals surface area contributed by atoms with Crippen LogP contribution in [0.2, 0.25) is 0 Å². The van der Waals surface area contributed by atoms with Crippen LogP contribution in [-0.4, -0.2) is 54.8 Å². The number of H-pyrrole nitrogens is 1. The lowest BCUT2D eigenvalue weighted by molar-refractivity contribution is -0.0166. The van der Waals surface area contributed by atoms with Gasteiger partial charge >= 0.3 is 0 Å². The van der Waals surface area contributed by atoms with Gasteiger partial charge in [-0.3, -0.25) is 10.1 Å². The molecule has 6 rings (SSSR count). The van der Waals surface area contributed by atoms with Crippen molar-refractivity contribution in [3.63, 3.8) is 0 Å². The van der Waals surface area contributed by atoms with Gasteiger partial charge in [-0.05, 0) is 55.8 Å². The molecule has 8 heteroatoms. The number of aliphatic hydroxyl groups is 2. The highest BCUT2D eigenvalue weighted by atomic mass is 16.5. The van der Waals surface area contributed by atoms with E-state index in [0.29, 0.717) is 6.42 Å². The van der Waals surface area contributed by atoms with Gasteiger partial charge in [-0.1, -0.05) is 0 Å². The third kappa shape index (κ3) is 3.42. The highest BCUT2D eigenvalue weighted by molar-refractivity contribution is 5.82. The fraction of sp³-hybridized carbons (Fsp3) is 0.360. The predicted molar refractivity (Wildman–Crippen MR) is 124 cm³/mol. The van der Waals surface area contributed by atoms with Gasteiger partial charge in [0.2, 0.25) is 0 Å². The van der Waals surface area contributed by atoms with E-state index in [1.165, 1.54) is 5.56 Å². The van der Waals surface area contributed by atoms with Gasteiger partial charge < -0.3 is 24.8 Å². The zero-order valence-corrected chi connectivity index (χ0v) is 18.4. The number of ether oxygens (including phenoxy) is 1. The van der Waals surface area contributed by atoms with Gasteiger partial charge in [0, 0.05) is 53.8 Å². The number of aromatic amines is 1. The van der Waals surface area contributed by atoms with Gasteiger partial charge in [-0.2, -0.15) is 5.10 Å². The van der Waals surface area contributed by atoms with Crippen molar-refractivity contribution in [3.8, 4) is 17.0 Å². The predicted octanol–water partition coefficient (Wildman–Crippen LogP) is 2.49. The third-order valence-corrected chi connectivity index (χ3v) is 7.07. The minimum atomic E-state index is -0.988. The molecule has 0 spiro atoms. The molecule has 0 radical (unpaired) electrons. The van der Waals surface area contributed by atoms with Gasteiger partial charge in [0.15, 0.2) is 0 Å². The first-order chi connectivity index (χ1) is 16.1. The molecular formula is C25H27N5O3. The van der Waals surface area contributed by atoms with E-state index in [2.05, 4.69) is 26.6 Å². The van der Waals surface area contributed by atoms with E-state index in [1.54, 1.807) is 12.4 Å². The van der Waals surface area contributed by atoms with Crippen LogP contribution in [0, 0.1) is 6.92 Å². The van der Waals surface area contributed by atoms with E-state index < -0.39 is 18.3 Å². The maximum absolute atomic E-state index is 11.0. The highest BCUT2D eigenvalue weighted by Crippen LogP contribution is 2.39. The van der Waals surface area contributed by atoms with Crippen LogP contribution in [0.5, 0.6) is 5.75 Å². The zero-order valence-electron chi connectivity index (χ0n) is 18.4. The molecule has 4 heterocycles. The SMILES string of the molecule is Cc1nccc2c1ccn2[C@@H]1C[C@H](Oc2cc(-c3ccn[nH]3)cc3c2CNCC3)[C@@H](O)[C@H]1O. The van der Waals surface area contributed by atoms with E-state index in [4.69, 9.17) is 4.74 Å². The molecule has 2 aliphatic rings. The molecule has 4 N–H and O–H groups in total. The average Bonchev–Trinajstić information content (AvgIpc) is 3.56. The normalized spacial score (nSPS) is 24.8. The summed E-state index contributed by atoms with van der Waals surface area (Å²) in [6, 6.07) is 9.80. The van der Waals surface area contributed by atoms with Crippen molar-refractivity contribution in [2.24, 2.45) is 0 Å². The summed E-state index contributed by atoms with van der Waals surface area (Å²) in [6.07, 6.45) is 4.46. The largest absolute Gasteiger partial charge is 0.487 e. The van der Waals surface area contributed by atoms with Gasteiger partial charge in [-0.15, -0.1) is 0 Å². The molecule has 170 valence electrons. The summed E-state index contributed by atoms with van der Waals surface area (Å²) in [5, 5.41) is 33.5. The Morgan fingerprint density at radius 1 is 1.12 bits per heavy atom. The van der Waals surface area contributed by atoms with Crippen molar-refractivity contribution < 1.29 is 14.9 Å². The molecule has 8 nitrogen and oxygen atoms in total. The zero-order chi connectivity index (χ0) is 22.5. The summed E-state index contributed by atoms with van der Waals surface area (Å²) in [6.45, 7) is 3.61. The van der Waals surface area contributed by atoms with Crippen LogP contribution >= 0.6 is 0 Å². The molecule has 0 unspecified atom stereocenters. The Morgan fingerprint density at radius 2 is 2.03 bits per heavy atom. The van der Waals surface area contributed by atoms with Crippen LogP contribution in [0.4, 0.5) is 0 Å². The molecule has 1 saturated carbocycles. The summed E-state index contributed by atoms with van der Waals surface area (Å²) < 4.78 is 8.49. The second-order valence-electron chi connectivity index (χ2n) is 9.00. The first-order valence-electron chi connectivity index (χ1n) is 11.4.